The minimum absolute atomic E-state index is 0.0217. The molecule has 2 unspecified atom stereocenters. The van der Waals surface area contributed by atoms with Gasteiger partial charge < -0.3 is 10.8 Å². The lowest BCUT2D eigenvalue weighted by Crippen LogP contribution is -2.33. The van der Waals surface area contributed by atoms with Crippen molar-refractivity contribution in [2.45, 2.75) is 51.7 Å². The molecule has 0 aliphatic rings. The van der Waals surface area contributed by atoms with Crippen molar-refractivity contribution in [3.63, 3.8) is 0 Å². The molecule has 2 atom stereocenters. The monoisotopic (exact) mass is 145 g/mol. The molecule has 0 saturated carbocycles. The molecule has 0 rings (SSSR count). The third kappa shape index (κ3) is 3.85. The molecule has 0 aliphatic heterocycles. The SMILES string of the molecule is CCCCC(O)C(N)CC. The Bertz CT molecular complexity index is 75.7. The quantitative estimate of drug-likeness (QED) is 0.612. The first-order valence-electron chi connectivity index (χ1n) is 4.16. The standard InChI is InChI=1S/C8H19NO/c1-3-5-6-8(10)7(9)4-2/h7-8,10H,3-6,9H2,1-2H3. The molecule has 0 aliphatic carbocycles. The van der Waals surface area contributed by atoms with Crippen molar-refractivity contribution in [1.29, 1.82) is 0 Å². The van der Waals surface area contributed by atoms with E-state index in [4.69, 9.17) is 5.73 Å². The van der Waals surface area contributed by atoms with Crippen LogP contribution in [0.25, 0.3) is 0 Å². The highest BCUT2D eigenvalue weighted by Gasteiger charge is 2.10. The lowest BCUT2D eigenvalue weighted by Gasteiger charge is -2.15. The molecule has 0 heterocycles. The zero-order chi connectivity index (χ0) is 7.98. The van der Waals surface area contributed by atoms with Gasteiger partial charge in [0, 0.05) is 6.04 Å². The van der Waals surface area contributed by atoms with Crippen molar-refractivity contribution in [3.8, 4) is 0 Å². The van der Waals surface area contributed by atoms with E-state index in [-0.39, 0.29) is 12.1 Å². The number of hydrogen-bond acceptors (Lipinski definition) is 2. The Morgan fingerprint density at radius 2 is 2.00 bits per heavy atom. The minimum Gasteiger partial charge on any atom is -0.392 e. The van der Waals surface area contributed by atoms with Crippen LogP contribution in [-0.2, 0) is 0 Å². The summed E-state index contributed by atoms with van der Waals surface area (Å²) in [6, 6.07) is -0.0217. The molecular weight excluding hydrogens is 126 g/mol. The molecule has 0 amide bonds. The van der Waals surface area contributed by atoms with Crippen molar-refractivity contribution < 1.29 is 5.11 Å². The Balaban J connectivity index is 3.31. The summed E-state index contributed by atoms with van der Waals surface area (Å²) in [5.41, 5.74) is 5.61. The van der Waals surface area contributed by atoms with Gasteiger partial charge >= 0.3 is 0 Å². The molecule has 62 valence electrons. The predicted octanol–water partition coefficient (Wildman–Crippen LogP) is 1.27. The van der Waals surface area contributed by atoms with Crippen LogP contribution in [0.2, 0.25) is 0 Å². The summed E-state index contributed by atoms with van der Waals surface area (Å²) in [6.07, 6.45) is 3.64. The molecule has 2 heteroatoms. The van der Waals surface area contributed by atoms with Gasteiger partial charge in [0.25, 0.3) is 0 Å². The Morgan fingerprint density at radius 1 is 1.40 bits per heavy atom. The van der Waals surface area contributed by atoms with Crippen LogP contribution < -0.4 is 5.73 Å². The summed E-state index contributed by atoms with van der Waals surface area (Å²) in [7, 11) is 0. The molecule has 0 bridgehead atoms. The molecule has 0 aromatic carbocycles. The fourth-order valence-electron chi connectivity index (χ4n) is 0.899. The van der Waals surface area contributed by atoms with E-state index in [0.717, 1.165) is 25.7 Å². The van der Waals surface area contributed by atoms with E-state index >= 15 is 0 Å². The normalized spacial score (nSPS) is 16.8. The number of aliphatic hydroxyl groups excluding tert-OH is 1. The van der Waals surface area contributed by atoms with E-state index in [2.05, 4.69) is 6.92 Å². The van der Waals surface area contributed by atoms with Crippen molar-refractivity contribution >= 4 is 0 Å². The maximum Gasteiger partial charge on any atom is 0.0691 e. The molecule has 0 saturated heterocycles. The van der Waals surface area contributed by atoms with E-state index in [1.54, 1.807) is 0 Å². The molecule has 10 heavy (non-hydrogen) atoms. The molecule has 3 N–H and O–H groups in total. The molecule has 0 aromatic rings. The summed E-state index contributed by atoms with van der Waals surface area (Å²) in [5.74, 6) is 0. The number of rotatable bonds is 5. The summed E-state index contributed by atoms with van der Waals surface area (Å²) in [4.78, 5) is 0. The minimum atomic E-state index is -0.287. The van der Waals surface area contributed by atoms with Crippen LogP contribution in [0.1, 0.15) is 39.5 Å². The van der Waals surface area contributed by atoms with Gasteiger partial charge in [-0.15, -0.1) is 0 Å². The Hall–Kier alpha value is -0.0800. The van der Waals surface area contributed by atoms with Crippen LogP contribution in [-0.4, -0.2) is 17.3 Å². The zero-order valence-corrected chi connectivity index (χ0v) is 7.01. The van der Waals surface area contributed by atoms with Crippen molar-refractivity contribution in [1.82, 2.24) is 0 Å². The largest absolute Gasteiger partial charge is 0.392 e. The Labute approximate surface area is 63.4 Å². The average molecular weight is 145 g/mol. The van der Waals surface area contributed by atoms with Crippen LogP contribution in [0.3, 0.4) is 0 Å². The smallest absolute Gasteiger partial charge is 0.0691 e. The number of unbranched alkanes of at least 4 members (excludes halogenated alkanes) is 1. The van der Waals surface area contributed by atoms with Crippen LogP contribution in [0.15, 0.2) is 0 Å². The third-order valence-corrected chi connectivity index (χ3v) is 1.82. The van der Waals surface area contributed by atoms with Gasteiger partial charge in [-0.1, -0.05) is 26.7 Å². The van der Waals surface area contributed by atoms with E-state index in [1.807, 2.05) is 6.92 Å². The second-order valence-corrected chi connectivity index (χ2v) is 2.78. The molecule has 0 fully saturated rings. The fraction of sp³-hybridized carbons (Fsp3) is 1.00. The first kappa shape index (κ1) is 9.92. The molecular formula is C8H19NO. The van der Waals surface area contributed by atoms with Crippen molar-refractivity contribution in [2.24, 2.45) is 5.73 Å². The second kappa shape index (κ2) is 5.69. The number of aliphatic hydroxyl groups is 1. The molecule has 0 aromatic heterocycles. The summed E-state index contributed by atoms with van der Waals surface area (Å²) in [6.45, 7) is 4.12. The van der Waals surface area contributed by atoms with Crippen LogP contribution in [0.5, 0.6) is 0 Å². The summed E-state index contributed by atoms with van der Waals surface area (Å²) < 4.78 is 0. The van der Waals surface area contributed by atoms with Crippen molar-refractivity contribution in [3.05, 3.63) is 0 Å². The van der Waals surface area contributed by atoms with Gasteiger partial charge in [-0.2, -0.15) is 0 Å². The lowest BCUT2D eigenvalue weighted by molar-refractivity contribution is 0.130. The van der Waals surface area contributed by atoms with E-state index in [1.165, 1.54) is 0 Å². The maximum atomic E-state index is 9.32. The van der Waals surface area contributed by atoms with E-state index in [9.17, 15) is 5.11 Å². The zero-order valence-electron chi connectivity index (χ0n) is 7.01. The first-order chi connectivity index (χ1) is 4.72. The average Bonchev–Trinajstić information content (AvgIpc) is 1.98. The van der Waals surface area contributed by atoms with Crippen LogP contribution >= 0.6 is 0 Å². The number of nitrogens with two attached hydrogens (primary N) is 1. The van der Waals surface area contributed by atoms with Gasteiger partial charge in [-0.25, -0.2) is 0 Å². The number of hydrogen-bond donors (Lipinski definition) is 2. The highest BCUT2D eigenvalue weighted by Crippen LogP contribution is 2.04. The van der Waals surface area contributed by atoms with Gasteiger partial charge in [-0.3, -0.25) is 0 Å². The van der Waals surface area contributed by atoms with E-state index < -0.39 is 0 Å². The van der Waals surface area contributed by atoms with Crippen molar-refractivity contribution in [2.75, 3.05) is 0 Å². The third-order valence-electron chi connectivity index (χ3n) is 1.82. The fourth-order valence-corrected chi connectivity index (χ4v) is 0.899. The highest BCUT2D eigenvalue weighted by molar-refractivity contribution is 4.69. The lowest BCUT2D eigenvalue weighted by atomic mass is 10.0. The van der Waals surface area contributed by atoms with E-state index in [0.29, 0.717) is 0 Å². The van der Waals surface area contributed by atoms with Crippen LogP contribution in [0, 0.1) is 0 Å². The van der Waals surface area contributed by atoms with Gasteiger partial charge in [0.15, 0.2) is 0 Å². The molecule has 0 radical (unpaired) electrons. The van der Waals surface area contributed by atoms with Gasteiger partial charge in [-0.05, 0) is 12.8 Å². The van der Waals surface area contributed by atoms with Crippen LogP contribution in [0.4, 0.5) is 0 Å². The molecule has 2 nitrogen and oxygen atoms in total. The molecule has 0 spiro atoms. The topological polar surface area (TPSA) is 46.2 Å². The van der Waals surface area contributed by atoms with Gasteiger partial charge in [0.2, 0.25) is 0 Å². The van der Waals surface area contributed by atoms with Gasteiger partial charge in [0.1, 0.15) is 0 Å². The predicted molar refractivity (Wildman–Crippen MR) is 43.8 cm³/mol. The van der Waals surface area contributed by atoms with Gasteiger partial charge in [0.05, 0.1) is 6.10 Å². The first-order valence-corrected chi connectivity index (χ1v) is 4.16. The Kier molecular flexibility index (Phi) is 5.64. The second-order valence-electron chi connectivity index (χ2n) is 2.78. The Morgan fingerprint density at radius 3 is 2.40 bits per heavy atom. The maximum absolute atomic E-state index is 9.32. The summed E-state index contributed by atoms with van der Waals surface area (Å²) >= 11 is 0. The highest BCUT2D eigenvalue weighted by atomic mass is 16.3. The summed E-state index contributed by atoms with van der Waals surface area (Å²) in [5, 5.41) is 9.32.